The smallest absolute Gasteiger partial charge is 0.292 e. The second-order valence-corrected chi connectivity index (χ2v) is 8.02. The number of nitrogens with two attached hydrogens (primary N) is 1. The SMILES string of the molecule is NC(=O)C1CCCN(C(=O)c2cc(C3CCN(Cc4cccnc4)CC3)no2)C1. The van der Waals surface area contributed by atoms with E-state index < -0.39 is 0 Å². The van der Waals surface area contributed by atoms with Crippen molar-refractivity contribution in [1.82, 2.24) is 19.9 Å². The number of nitrogens with zero attached hydrogens (tertiary/aromatic N) is 4. The zero-order valence-corrected chi connectivity index (χ0v) is 16.5. The highest BCUT2D eigenvalue weighted by Gasteiger charge is 2.30. The fourth-order valence-corrected chi connectivity index (χ4v) is 4.27. The van der Waals surface area contributed by atoms with Crippen LogP contribution in [0.2, 0.25) is 0 Å². The molecule has 8 heteroatoms. The van der Waals surface area contributed by atoms with E-state index >= 15 is 0 Å². The summed E-state index contributed by atoms with van der Waals surface area (Å²) < 4.78 is 5.37. The molecule has 29 heavy (non-hydrogen) atoms. The molecule has 2 aromatic rings. The van der Waals surface area contributed by atoms with Crippen LogP contribution in [-0.2, 0) is 11.3 Å². The molecule has 1 atom stereocenters. The van der Waals surface area contributed by atoms with E-state index in [0.717, 1.165) is 51.0 Å². The van der Waals surface area contributed by atoms with Gasteiger partial charge in [-0.3, -0.25) is 19.5 Å². The van der Waals surface area contributed by atoms with E-state index in [-0.39, 0.29) is 23.5 Å². The highest BCUT2D eigenvalue weighted by Crippen LogP contribution is 2.29. The average Bonchev–Trinajstić information content (AvgIpc) is 3.25. The molecule has 0 bridgehead atoms. The molecule has 1 unspecified atom stereocenters. The van der Waals surface area contributed by atoms with Crippen LogP contribution < -0.4 is 5.73 Å². The van der Waals surface area contributed by atoms with Gasteiger partial charge in [-0.05, 0) is 50.4 Å². The molecular formula is C21H27N5O3. The van der Waals surface area contributed by atoms with Crippen LogP contribution in [-0.4, -0.2) is 57.9 Å². The normalized spacial score (nSPS) is 21.2. The molecule has 154 valence electrons. The fraction of sp³-hybridized carbons (Fsp3) is 0.524. The summed E-state index contributed by atoms with van der Waals surface area (Å²) in [6.45, 7) is 3.83. The molecule has 0 spiro atoms. The van der Waals surface area contributed by atoms with Crippen molar-refractivity contribution >= 4 is 11.8 Å². The zero-order chi connectivity index (χ0) is 20.2. The Morgan fingerprint density at radius 3 is 2.76 bits per heavy atom. The first kappa shape index (κ1) is 19.6. The second kappa shape index (κ2) is 8.73. The Morgan fingerprint density at radius 2 is 2.03 bits per heavy atom. The van der Waals surface area contributed by atoms with Gasteiger partial charge >= 0.3 is 0 Å². The Bertz CT molecular complexity index is 845. The number of carbonyl (C=O) groups is 2. The predicted octanol–water partition coefficient (Wildman–Crippen LogP) is 1.79. The van der Waals surface area contributed by atoms with Gasteiger partial charge in [-0.15, -0.1) is 0 Å². The fourth-order valence-electron chi connectivity index (χ4n) is 4.27. The van der Waals surface area contributed by atoms with Crippen molar-refractivity contribution in [2.45, 2.75) is 38.1 Å². The van der Waals surface area contributed by atoms with E-state index in [0.29, 0.717) is 19.0 Å². The maximum absolute atomic E-state index is 12.7. The molecule has 0 saturated carbocycles. The van der Waals surface area contributed by atoms with E-state index in [9.17, 15) is 9.59 Å². The van der Waals surface area contributed by atoms with Crippen LogP contribution in [0.5, 0.6) is 0 Å². The number of carbonyl (C=O) groups excluding carboxylic acids is 2. The summed E-state index contributed by atoms with van der Waals surface area (Å²) >= 11 is 0. The third-order valence-electron chi connectivity index (χ3n) is 5.98. The van der Waals surface area contributed by atoms with Gasteiger partial charge in [0.25, 0.3) is 5.91 Å². The number of hydrogen-bond donors (Lipinski definition) is 1. The summed E-state index contributed by atoms with van der Waals surface area (Å²) in [6, 6.07) is 5.83. The van der Waals surface area contributed by atoms with Gasteiger partial charge in [-0.25, -0.2) is 0 Å². The van der Waals surface area contributed by atoms with Gasteiger partial charge in [0, 0.05) is 44.0 Å². The van der Waals surface area contributed by atoms with E-state index in [2.05, 4.69) is 21.1 Å². The number of likely N-dealkylation sites (tertiary alicyclic amines) is 2. The third-order valence-corrected chi connectivity index (χ3v) is 5.98. The van der Waals surface area contributed by atoms with Crippen LogP contribution in [0.3, 0.4) is 0 Å². The van der Waals surface area contributed by atoms with Crippen molar-refractivity contribution in [3.8, 4) is 0 Å². The molecule has 8 nitrogen and oxygen atoms in total. The van der Waals surface area contributed by atoms with Crippen LogP contribution >= 0.6 is 0 Å². The molecule has 4 heterocycles. The molecule has 2 aliphatic rings. The Labute approximate surface area is 170 Å². The molecule has 2 aliphatic heterocycles. The summed E-state index contributed by atoms with van der Waals surface area (Å²) in [5.41, 5.74) is 7.47. The van der Waals surface area contributed by atoms with E-state index in [1.54, 1.807) is 17.2 Å². The zero-order valence-electron chi connectivity index (χ0n) is 16.5. The topological polar surface area (TPSA) is 106 Å². The molecule has 4 rings (SSSR count). The van der Waals surface area contributed by atoms with E-state index in [1.807, 2.05) is 12.3 Å². The van der Waals surface area contributed by atoms with Crippen LogP contribution in [0.15, 0.2) is 35.1 Å². The summed E-state index contributed by atoms with van der Waals surface area (Å²) in [5, 5.41) is 4.18. The van der Waals surface area contributed by atoms with Gasteiger partial charge in [-0.1, -0.05) is 11.2 Å². The molecule has 2 aromatic heterocycles. The molecule has 2 N–H and O–H groups in total. The first-order valence-corrected chi connectivity index (χ1v) is 10.3. The van der Waals surface area contributed by atoms with Crippen LogP contribution in [0.25, 0.3) is 0 Å². The van der Waals surface area contributed by atoms with Gasteiger partial charge in [-0.2, -0.15) is 0 Å². The van der Waals surface area contributed by atoms with E-state index in [4.69, 9.17) is 10.3 Å². The highest BCUT2D eigenvalue weighted by molar-refractivity contribution is 5.92. The lowest BCUT2D eigenvalue weighted by atomic mass is 9.93. The molecule has 0 radical (unpaired) electrons. The number of piperidine rings is 2. The van der Waals surface area contributed by atoms with Gasteiger partial charge in [0.05, 0.1) is 11.6 Å². The minimum Gasteiger partial charge on any atom is -0.369 e. The lowest BCUT2D eigenvalue weighted by Gasteiger charge is -2.31. The quantitative estimate of drug-likeness (QED) is 0.824. The molecule has 2 amide bonds. The number of rotatable bonds is 5. The minimum absolute atomic E-state index is 0.205. The third kappa shape index (κ3) is 4.64. The second-order valence-electron chi connectivity index (χ2n) is 8.02. The first-order valence-electron chi connectivity index (χ1n) is 10.3. The van der Waals surface area contributed by atoms with Gasteiger partial charge in [0.2, 0.25) is 11.7 Å². The summed E-state index contributed by atoms with van der Waals surface area (Å²) in [4.78, 5) is 32.4. The standard InChI is InChI=1S/C21H27N5O3/c22-20(27)17-4-2-8-26(14-17)21(28)19-11-18(24-29-19)16-5-9-25(10-6-16)13-15-3-1-7-23-12-15/h1,3,7,11-12,16-17H,2,4-6,8-10,13-14H2,(H2,22,27). The predicted molar refractivity (Wildman–Crippen MR) is 106 cm³/mol. The monoisotopic (exact) mass is 397 g/mol. The van der Waals surface area contributed by atoms with Gasteiger partial charge < -0.3 is 15.2 Å². The Kier molecular flexibility index (Phi) is 5.89. The summed E-state index contributed by atoms with van der Waals surface area (Å²) in [5.74, 6) is -0.283. The van der Waals surface area contributed by atoms with Crippen molar-refractivity contribution in [2.75, 3.05) is 26.2 Å². The van der Waals surface area contributed by atoms with Crippen molar-refractivity contribution in [1.29, 1.82) is 0 Å². The van der Waals surface area contributed by atoms with Crippen molar-refractivity contribution in [3.05, 3.63) is 47.6 Å². The Hall–Kier alpha value is -2.74. The van der Waals surface area contributed by atoms with E-state index in [1.165, 1.54) is 5.56 Å². The molecule has 0 aliphatic carbocycles. The first-order chi connectivity index (χ1) is 14.1. The molecule has 2 fully saturated rings. The maximum Gasteiger partial charge on any atom is 0.292 e. The minimum atomic E-state index is -0.348. The van der Waals surface area contributed by atoms with Crippen LogP contribution in [0.1, 0.15) is 53.4 Å². The van der Waals surface area contributed by atoms with Crippen molar-refractivity contribution in [2.24, 2.45) is 11.7 Å². The van der Waals surface area contributed by atoms with Gasteiger partial charge in [0.15, 0.2) is 0 Å². The van der Waals surface area contributed by atoms with Crippen LogP contribution in [0, 0.1) is 5.92 Å². The summed E-state index contributed by atoms with van der Waals surface area (Å²) in [6.07, 6.45) is 7.16. The Morgan fingerprint density at radius 1 is 1.21 bits per heavy atom. The molecule has 0 aromatic carbocycles. The summed E-state index contributed by atoms with van der Waals surface area (Å²) in [7, 11) is 0. The van der Waals surface area contributed by atoms with Crippen molar-refractivity contribution in [3.63, 3.8) is 0 Å². The molecular weight excluding hydrogens is 370 g/mol. The largest absolute Gasteiger partial charge is 0.369 e. The number of amides is 2. The lowest BCUT2D eigenvalue weighted by Crippen LogP contribution is -2.44. The average molecular weight is 397 g/mol. The lowest BCUT2D eigenvalue weighted by molar-refractivity contribution is -0.123. The number of pyridine rings is 1. The number of primary amides is 1. The molecule has 2 saturated heterocycles. The van der Waals surface area contributed by atoms with Crippen LogP contribution in [0.4, 0.5) is 0 Å². The maximum atomic E-state index is 12.7. The van der Waals surface area contributed by atoms with Crippen molar-refractivity contribution < 1.29 is 14.1 Å². The highest BCUT2D eigenvalue weighted by atomic mass is 16.5. The number of hydrogen-bond acceptors (Lipinski definition) is 6. The Balaban J connectivity index is 1.32. The number of aromatic nitrogens is 2. The van der Waals surface area contributed by atoms with Gasteiger partial charge in [0.1, 0.15) is 0 Å².